The Labute approximate surface area is 388 Å². The zero-order chi connectivity index (χ0) is 44.9. The van der Waals surface area contributed by atoms with Crippen LogP contribution in [0.4, 0.5) is 0 Å². The molecule has 0 aliphatic heterocycles. The summed E-state index contributed by atoms with van der Waals surface area (Å²) < 4.78 is 0. The molecule has 0 saturated carbocycles. The number of unbranched alkanes of at least 4 members (excludes halogenated alkanes) is 38. The molecule has 0 fully saturated rings. The van der Waals surface area contributed by atoms with Gasteiger partial charge in [-0.15, -0.1) is 0 Å². The lowest BCUT2D eigenvalue weighted by atomic mass is 10.0. The third-order valence-corrected chi connectivity index (χ3v) is 12.8. The fourth-order valence-electron chi connectivity index (χ4n) is 8.52. The molecule has 4 nitrogen and oxygen atoms in total. The van der Waals surface area contributed by atoms with Crippen LogP contribution in [0.25, 0.3) is 0 Å². The normalized spacial score (nSPS) is 13.2. The van der Waals surface area contributed by atoms with E-state index in [-0.39, 0.29) is 12.5 Å². The second-order valence-electron chi connectivity index (χ2n) is 19.0. The van der Waals surface area contributed by atoms with Crippen molar-refractivity contribution in [2.24, 2.45) is 0 Å². The average Bonchev–Trinajstić information content (AvgIpc) is 3.28. The highest BCUT2D eigenvalue weighted by Crippen LogP contribution is 2.17. The maximum atomic E-state index is 12.5. The molecule has 0 aliphatic rings. The number of hydrogen-bond acceptors (Lipinski definition) is 3. The second kappa shape index (κ2) is 53.7. The Bertz CT molecular complexity index is 985. The van der Waals surface area contributed by atoms with Gasteiger partial charge in [-0.3, -0.25) is 4.79 Å². The van der Waals surface area contributed by atoms with Crippen molar-refractivity contribution >= 4 is 5.91 Å². The summed E-state index contributed by atoms with van der Waals surface area (Å²) in [4.78, 5) is 12.5. The number of allylic oxidation sites excluding steroid dienone is 7. The van der Waals surface area contributed by atoms with Crippen LogP contribution in [-0.2, 0) is 4.79 Å². The first-order valence-electron chi connectivity index (χ1n) is 27.9. The van der Waals surface area contributed by atoms with Gasteiger partial charge in [-0.05, 0) is 64.2 Å². The summed E-state index contributed by atoms with van der Waals surface area (Å²) in [6.45, 7) is 4.31. The lowest BCUT2D eigenvalue weighted by molar-refractivity contribution is -0.123. The first-order chi connectivity index (χ1) is 30.7. The largest absolute Gasteiger partial charge is 0.394 e. The van der Waals surface area contributed by atoms with Crippen LogP contribution in [-0.4, -0.2) is 34.9 Å². The van der Waals surface area contributed by atoms with E-state index < -0.39 is 12.1 Å². The van der Waals surface area contributed by atoms with Gasteiger partial charge in [-0.25, -0.2) is 0 Å². The zero-order valence-electron chi connectivity index (χ0n) is 41.9. The van der Waals surface area contributed by atoms with Gasteiger partial charge in [0.2, 0.25) is 5.91 Å². The van der Waals surface area contributed by atoms with E-state index in [2.05, 4.69) is 55.6 Å². The van der Waals surface area contributed by atoms with Crippen LogP contribution >= 0.6 is 0 Å². The lowest BCUT2D eigenvalue weighted by Crippen LogP contribution is -2.45. The van der Waals surface area contributed by atoms with Gasteiger partial charge in [0, 0.05) is 6.42 Å². The molecule has 0 aromatic heterocycles. The standard InChI is InChI=1S/C58H109NO3/c1-3-5-7-9-11-13-15-17-19-21-23-25-26-27-28-29-30-31-32-34-35-37-39-41-43-45-47-49-51-53-57(61)56(55-60)59-58(62)54-52-50-48-46-44-42-40-38-36-33-24-22-20-18-16-14-12-10-8-6-4-2/h16,18,22,24,43,45,51,53,56-57,60-61H,3-15,17,19-21,23,25-42,44,46-50,52,54-55H2,1-2H3,(H,59,62)/b18-16-,24-22-,45-43+,53-51+. The molecule has 0 saturated heterocycles. The monoisotopic (exact) mass is 868 g/mol. The maximum absolute atomic E-state index is 12.5. The molecule has 364 valence electrons. The van der Waals surface area contributed by atoms with Gasteiger partial charge >= 0.3 is 0 Å². The van der Waals surface area contributed by atoms with E-state index in [9.17, 15) is 15.0 Å². The summed E-state index contributed by atoms with van der Waals surface area (Å²) in [7, 11) is 0. The fraction of sp³-hybridized carbons (Fsp3) is 0.845. The molecule has 0 rings (SSSR count). The molecule has 1 amide bonds. The molecule has 0 spiro atoms. The molecule has 2 atom stereocenters. The van der Waals surface area contributed by atoms with Gasteiger partial charge < -0.3 is 15.5 Å². The Morgan fingerprint density at radius 2 is 0.677 bits per heavy atom. The summed E-state index contributed by atoms with van der Waals surface area (Å²) in [5.74, 6) is -0.0760. The molecule has 0 bridgehead atoms. The topological polar surface area (TPSA) is 69.6 Å². The summed E-state index contributed by atoms with van der Waals surface area (Å²) in [5, 5.41) is 23.1. The molecule has 0 radical (unpaired) electrons. The number of carbonyl (C=O) groups is 1. The minimum atomic E-state index is -0.866. The summed E-state index contributed by atoms with van der Waals surface area (Å²) in [5.41, 5.74) is 0. The molecular weight excluding hydrogens is 759 g/mol. The highest BCUT2D eigenvalue weighted by molar-refractivity contribution is 5.76. The van der Waals surface area contributed by atoms with E-state index >= 15 is 0 Å². The van der Waals surface area contributed by atoms with Crippen molar-refractivity contribution in [3.05, 3.63) is 48.6 Å². The molecule has 62 heavy (non-hydrogen) atoms. The number of hydrogen-bond donors (Lipinski definition) is 3. The Kier molecular flexibility index (Phi) is 52.3. The molecule has 0 heterocycles. The van der Waals surface area contributed by atoms with Crippen molar-refractivity contribution in [2.75, 3.05) is 6.61 Å². The van der Waals surface area contributed by atoms with Gasteiger partial charge in [0.05, 0.1) is 18.8 Å². The van der Waals surface area contributed by atoms with Crippen molar-refractivity contribution in [3.8, 4) is 0 Å². The van der Waals surface area contributed by atoms with Crippen LogP contribution in [0.3, 0.4) is 0 Å². The number of nitrogens with one attached hydrogen (secondary N) is 1. The van der Waals surface area contributed by atoms with Gasteiger partial charge in [0.15, 0.2) is 0 Å². The van der Waals surface area contributed by atoms with Gasteiger partial charge in [0.25, 0.3) is 0 Å². The third-order valence-electron chi connectivity index (χ3n) is 12.8. The summed E-state index contributed by atoms with van der Waals surface area (Å²) in [6, 6.07) is -0.643. The second-order valence-corrected chi connectivity index (χ2v) is 19.0. The van der Waals surface area contributed by atoms with Gasteiger partial charge in [-0.2, -0.15) is 0 Å². The maximum Gasteiger partial charge on any atom is 0.220 e. The predicted octanol–water partition coefficient (Wildman–Crippen LogP) is 18.3. The van der Waals surface area contributed by atoms with Crippen LogP contribution in [0.1, 0.15) is 296 Å². The minimum absolute atomic E-state index is 0.0760. The molecule has 0 aromatic carbocycles. The smallest absolute Gasteiger partial charge is 0.220 e. The predicted molar refractivity (Wildman–Crippen MR) is 276 cm³/mol. The number of aliphatic hydroxyl groups is 2. The van der Waals surface area contributed by atoms with E-state index in [1.807, 2.05) is 6.08 Å². The van der Waals surface area contributed by atoms with Crippen molar-refractivity contribution in [1.29, 1.82) is 0 Å². The number of carbonyl (C=O) groups excluding carboxylic acids is 1. The van der Waals surface area contributed by atoms with Crippen molar-refractivity contribution in [3.63, 3.8) is 0 Å². The quantitative estimate of drug-likeness (QED) is 0.0421. The van der Waals surface area contributed by atoms with E-state index in [1.165, 1.54) is 238 Å². The third kappa shape index (κ3) is 49.4. The number of aliphatic hydroxyl groups excluding tert-OH is 2. The molecule has 3 N–H and O–H groups in total. The minimum Gasteiger partial charge on any atom is -0.394 e. The van der Waals surface area contributed by atoms with Crippen molar-refractivity contribution in [2.45, 2.75) is 309 Å². The Balaban J connectivity index is 3.53. The van der Waals surface area contributed by atoms with Gasteiger partial charge in [-0.1, -0.05) is 274 Å². The fourth-order valence-corrected chi connectivity index (χ4v) is 8.52. The van der Waals surface area contributed by atoms with Crippen molar-refractivity contribution < 1.29 is 15.0 Å². The van der Waals surface area contributed by atoms with Crippen LogP contribution in [0.2, 0.25) is 0 Å². The van der Waals surface area contributed by atoms with E-state index in [4.69, 9.17) is 0 Å². The summed E-state index contributed by atoms with van der Waals surface area (Å²) in [6.07, 6.45) is 74.2. The van der Waals surface area contributed by atoms with Crippen LogP contribution < -0.4 is 5.32 Å². The zero-order valence-corrected chi connectivity index (χ0v) is 41.9. The van der Waals surface area contributed by atoms with Crippen LogP contribution in [0.5, 0.6) is 0 Å². The Hall–Kier alpha value is -1.65. The summed E-state index contributed by atoms with van der Waals surface area (Å²) >= 11 is 0. The lowest BCUT2D eigenvalue weighted by Gasteiger charge is -2.19. The van der Waals surface area contributed by atoms with Crippen LogP contribution in [0.15, 0.2) is 48.6 Å². The highest BCUT2D eigenvalue weighted by Gasteiger charge is 2.18. The molecule has 0 aromatic rings. The first kappa shape index (κ1) is 60.4. The van der Waals surface area contributed by atoms with Gasteiger partial charge in [0.1, 0.15) is 0 Å². The van der Waals surface area contributed by atoms with E-state index in [0.29, 0.717) is 6.42 Å². The molecule has 2 unspecified atom stereocenters. The molecule has 0 aliphatic carbocycles. The highest BCUT2D eigenvalue weighted by atomic mass is 16.3. The van der Waals surface area contributed by atoms with E-state index in [1.54, 1.807) is 6.08 Å². The Morgan fingerprint density at radius 1 is 0.387 bits per heavy atom. The average molecular weight is 869 g/mol. The molecule has 4 heteroatoms. The first-order valence-corrected chi connectivity index (χ1v) is 27.9. The van der Waals surface area contributed by atoms with Crippen molar-refractivity contribution in [1.82, 2.24) is 5.32 Å². The molecular formula is C58H109NO3. The Morgan fingerprint density at radius 3 is 1.03 bits per heavy atom. The number of rotatable bonds is 51. The van der Waals surface area contributed by atoms with Crippen LogP contribution in [0, 0.1) is 0 Å². The number of amides is 1. The SMILES string of the molecule is CCCCCCC/C=C\C/C=C\CCCCCCCCCCCC(=O)NC(CO)C(O)/C=C/CC/C=C/CCCCCCCCCCCCCCCCCCCCCCCCC. The van der Waals surface area contributed by atoms with E-state index in [0.717, 1.165) is 38.5 Å².